The number of nitrogens with zero attached hydrogens (tertiary/aromatic N) is 1. The molecule has 838 valence electrons. The number of ketones is 2. The Labute approximate surface area is 869 Å². The van der Waals surface area contributed by atoms with E-state index in [-0.39, 0.29) is 109 Å². The van der Waals surface area contributed by atoms with Crippen LogP contribution in [0.2, 0.25) is 0 Å². The van der Waals surface area contributed by atoms with Crippen LogP contribution in [0.3, 0.4) is 0 Å². The first kappa shape index (κ1) is 130. The van der Waals surface area contributed by atoms with E-state index in [2.05, 4.69) is 111 Å². The van der Waals surface area contributed by atoms with E-state index >= 15 is 19.2 Å². The fourth-order valence-electron chi connectivity index (χ4n) is 16.1. The lowest BCUT2D eigenvalue weighted by atomic mass is 9.88. The standard InChI is InChI=1S/C95H158N30O25/c1-51(2)37-63-84(144)122-75(54(7)129)89(149)119-64(38-52(3)4)88(148)124-94(8,49-109-62(43-73(132)133)80(140)111-57(46-126)41-56-45-105-50-110-56)32-20-15-13-11-10-12-14-16-21-33-95(9,90(150)121-70(48-128)87(147)120-69(47-127)86(146)116-65(81(141)115-63)40-55-25-18-17-19-26-55)123-59(27-22-34-106-91(98)99)77(137)76(136)58(30-31-71(96)130)112-78(138)60(28-23-35-107-92(100)101)113-79(139)61(29-24-36-108-93(102)103)114-82(142)66(42-72(97)131)117-83(143)67(44-74(134)135)118-85(145)68(125-104)39-53(5)6/h11,13,17-19,25-26,45-46,50-54,57-70,75,109,123,125,127-129H,10,12,14-16,20-24,27-44,47-49,104H2,1-9H3,(H2,96,130)(H2,97,131)(H,105,110)(H,111,140)(H,112,138)(H,113,139)(H,114,142)(H,115,141)(H,116,146)(H,117,143)(H,118,145)(H,119,149)(H,120,147)(H,121,150)(H,122,144)(H,124,148)(H,132,133)(H,134,135)(H4,98,99,106)(H4,100,101,107)(H4,102,103,108)/t54-,57+,58+,59+,60?,61+,62+,63?,64?,65+,66?,67+,68?,69?,70+,75+,94?,95?/m1/s1. The molecule has 0 radical (unpaired) electrons. The Morgan fingerprint density at radius 1 is 0.493 bits per heavy atom. The smallest absolute Gasteiger partial charge is 0.305 e. The second-order valence-corrected chi connectivity index (χ2v) is 38.9. The van der Waals surface area contributed by atoms with Crippen molar-refractivity contribution in [1.82, 2.24) is 111 Å². The lowest BCUT2D eigenvalue weighted by Crippen LogP contribution is -2.65. The molecule has 18 atom stereocenters. The molecule has 15 amide bonds. The molecule has 0 bridgehead atoms. The largest absolute Gasteiger partial charge is 0.481 e. The summed E-state index contributed by atoms with van der Waals surface area (Å²) >= 11 is 0. The molecular formula is C95H158N30O25. The summed E-state index contributed by atoms with van der Waals surface area (Å²) in [6, 6.07) is -17.8. The molecule has 150 heavy (non-hydrogen) atoms. The van der Waals surface area contributed by atoms with E-state index in [1.54, 1.807) is 78.8 Å². The van der Waals surface area contributed by atoms with Crippen molar-refractivity contribution in [2.24, 2.45) is 52.3 Å². The van der Waals surface area contributed by atoms with Gasteiger partial charge in [0.15, 0.2) is 17.9 Å². The average molecular weight is 2120 g/mol. The zero-order chi connectivity index (χ0) is 113. The molecule has 2 aromatic rings. The summed E-state index contributed by atoms with van der Waals surface area (Å²) in [5.74, 6) is -19.7. The van der Waals surface area contributed by atoms with Crippen molar-refractivity contribution in [3.8, 4) is 0 Å². The zero-order valence-corrected chi connectivity index (χ0v) is 86.5. The number of guanidine groups is 3. The highest BCUT2D eigenvalue weighted by atomic mass is 16.4. The number of aromatic nitrogens is 2. The maximum atomic E-state index is 15.5. The number of aliphatic carboxylic acids is 2. The number of aldehydes is 1. The number of H-pyrrole nitrogens is 1. The number of hydrazine groups is 1. The maximum Gasteiger partial charge on any atom is 0.305 e. The van der Waals surface area contributed by atoms with Crippen LogP contribution in [0.1, 0.15) is 221 Å². The van der Waals surface area contributed by atoms with Crippen LogP contribution >= 0.6 is 0 Å². The number of carboxylic acid groups (broad SMARTS) is 2. The summed E-state index contributed by atoms with van der Waals surface area (Å²) in [5.41, 5.74) is 27.6. The summed E-state index contributed by atoms with van der Waals surface area (Å²) < 4.78 is 0. The Bertz CT molecular complexity index is 4860. The van der Waals surface area contributed by atoms with Gasteiger partial charge >= 0.3 is 11.9 Å². The molecule has 3 rings (SSSR count). The van der Waals surface area contributed by atoms with Crippen molar-refractivity contribution < 1.29 is 121 Å². The molecule has 0 saturated carbocycles. The lowest BCUT2D eigenvalue weighted by molar-refractivity contribution is -0.142. The van der Waals surface area contributed by atoms with Crippen molar-refractivity contribution >= 4 is 136 Å². The fraction of sp³-hybridized carbons (Fsp3) is 0.642. The predicted octanol–water partition coefficient (Wildman–Crippen LogP) is -7.80. The highest BCUT2D eigenvalue weighted by Crippen LogP contribution is 2.24. The molecule has 2 heterocycles. The van der Waals surface area contributed by atoms with E-state index in [1.807, 2.05) is 12.2 Å². The molecule has 55 heteroatoms. The van der Waals surface area contributed by atoms with Gasteiger partial charge in [-0.15, -0.1) is 0 Å². The van der Waals surface area contributed by atoms with E-state index in [1.165, 1.54) is 26.4 Å². The molecule has 1 aliphatic rings. The number of imidazole rings is 1. The molecular weight excluding hydrogens is 1960 g/mol. The topological polar surface area (TPSA) is 927 Å². The number of aliphatic hydroxyl groups excluding tert-OH is 3. The van der Waals surface area contributed by atoms with E-state index in [0.29, 0.717) is 56.1 Å². The summed E-state index contributed by atoms with van der Waals surface area (Å²) in [5, 5.41) is 122. The molecule has 8 unspecified atom stereocenters. The highest BCUT2D eigenvalue weighted by molar-refractivity contribution is 6.41. The van der Waals surface area contributed by atoms with Gasteiger partial charge in [-0.05, 0) is 147 Å². The second-order valence-electron chi connectivity index (χ2n) is 38.9. The number of aromatic amines is 1. The van der Waals surface area contributed by atoms with E-state index < -0.39 is 308 Å². The van der Waals surface area contributed by atoms with Crippen LogP contribution in [0.15, 0.2) is 55.0 Å². The molecule has 0 saturated heterocycles. The van der Waals surface area contributed by atoms with Crippen molar-refractivity contribution in [2.75, 3.05) is 39.4 Å². The Balaban J connectivity index is 2.34. The third-order valence-electron chi connectivity index (χ3n) is 24.0. The van der Waals surface area contributed by atoms with Gasteiger partial charge in [0.1, 0.15) is 66.7 Å². The van der Waals surface area contributed by atoms with Gasteiger partial charge in [0.2, 0.25) is 100 Å². The molecule has 0 aliphatic carbocycles. The van der Waals surface area contributed by atoms with E-state index in [9.17, 15) is 102 Å². The van der Waals surface area contributed by atoms with Crippen LogP contribution in [0, 0.1) is 34.0 Å². The van der Waals surface area contributed by atoms with E-state index in [0.717, 1.165) is 0 Å². The van der Waals surface area contributed by atoms with Gasteiger partial charge in [-0.3, -0.25) is 118 Å². The Morgan fingerprint density at radius 2 is 0.940 bits per heavy atom. The molecule has 0 fully saturated rings. The fourth-order valence-corrected chi connectivity index (χ4v) is 16.1. The normalized spacial score (nSPS) is 20.8. The molecule has 40 N–H and O–H groups in total. The number of benzene rings is 1. The number of carbonyl (C=O) groups is 20. The summed E-state index contributed by atoms with van der Waals surface area (Å²) in [4.78, 5) is 290. The van der Waals surface area contributed by atoms with Gasteiger partial charge in [-0.1, -0.05) is 103 Å². The number of aliphatic hydroxyl groups is 3. The van der Waals surface area contributed by atoms with Crippen molar-refractivity contribution in [2.45, 2.75) is 331 Å². The Kier molecular flexibility index (Phi) is 58.5. The van der Waals surface area contributed by atoms with E-state index in [4.69, 9.17) is 50.7 Å². The van der Waals surface area contributed by atoms with Gasteiger partial charge in [0, 0.05) is 62.9 Å². The first-order valence-corrected chi connectivity index (χ1v) is 50.0. The third-order valence-corrected chi connectivity index (χ3v) is 24.0. The van der Waals surface area contributed by atoms with Crippen LogP contribution in [0.25, 0.3) is 0 Å². The number of nitrogens with two attached hydrogens (primary N) is 6. The number of amides is 15. The molecule has 1 aromatic carbocycles. The maximum absolute atomic E-state index is 15.5. The first-order chi connectivity index (χ1) is 70.7. The second kappa shape index (κ2) is 67.6. The quantitative estimate of drug-likeness (QED) is 0.00427. The SMILES string of the molecule is CC(C)CC(NN)C(=O)N[C@@H](CC(=O)O)C(=O)NC(CC(N)=O)C(=O)N[C@@H](CCCNC(=N)N)C(=O)NC(CCCNC(=N)N)C(=O)N[C@@H](CCC(N)=O)C(=O)C(=O)[C@H](CCCNC(=N)N)NC1(C)CCCCCCC=CCCCC(C)(CN[C@@H](CC(=O)O)C(=O)N[C@H](C=O)Cc2cnc[nH]2)NC(=O)C(CC(C)C)NC(=O)[C@H]([C@@H](C)O)NC(=O)C(CC(C)C)NC(=O)[C@H](Cc2ccccc2)NC(=O)C(CO)NC(=O)[C@H](CO)NC1=O. The summed E-state index contributed by atoms with van der Waals surface area (Å²) in [6.45, 7) is 11.2. The minimum Gasteiger partial charge on any atom is -0.481 e. The van der Waals surface area contributed by atoms with Gasteiger partial charge in [-0.25, -0.2) is 10.4 Å². The number of primary amides is 2. The molecule has 0 spiro atoms. The highest BCUT2D eigenvalue weighted by Gasteiger charge is 2.45. The predicted molar refractivity (Wildman–Crippen MR) is 546 cm³/mol. The first-order valence-electron chi connectivity index (χ1n) is 50.0. The number of rotatable bonds is 56. The monoisotopic (exact) mass is 2120 g/mol. The summed E-state index contributed by atoms with van der Waals surface area (Å²) in [6.07, 6.45) is 0.980. The Morgan fingerprint density at radius 3 is 1.43 bits per heavy atom. The number of hydrogen-bond donors (Lipinski definition) is 34. The number of carbonyl (C=O) groups excluding carboxylic acids is 18. The summed E-state index contributed by atoms with van der Waals surface area (Å²) in [7, 11) is 0. The minimum atomic E-state index is -2.16. The van der Waals surface area contributed by atoms with Gasteiger partial charge in [-0.2, -0.15) is 0 Å². The molecule has 1 aliphatic heterocycles. The minimum absolute atomic E-state index is 0.0335. The van der Waals surface area contributed by atoms with Crippen molar-refractivity contribution in [3.05, 3.63) is 66.3 Å². The van der Waals surface area contributed by atoms with Crippen LogP contribution in [-0.4, -0.2) is 319 Å². The van der Waals surface area contributed by atoms with Crippen LogP contribution in [-0.2, 0) is 109 Å². The van der Waals surface area contributed by atoms with Crippen LogP contribution in [0.4, 0.5) is 0 Å². The number of hydrogen-bond acceptors (Lipinski definition) is 31. The number of allylic oxidation sites excluding steroid dienone is 2. The average Bonchev–Trinajstić information content (AvgIpc) is 0.812. The van der Waals surface area contributed by atoms with Crippen LogP contribution in [0.5, 0.6) is 0 Å². The Hall–Kier alpha value is -14.3. The van der Waals surface area contributed by atoms with Crippen molar-refractivity contribution in [1.29, 1.82) is 16.2 Å². The number of Topliss-reactive ketones (excluding diaryl/α,β-unsaturated/α-hetero) is 2. The van der Waals surface area contributed by atoms with Gasteiger partial charge < -0.3 is 154 Å². The molecule has 55 nitrogen and oxygen atoms in total. The number of nitrogens with one attached hydrogen (secondary N) is 23. The van der Waals surface area contributed by atoms with Gasteiger partial charge in [0.05, 0.1) is 80.7 Å². The molecule has 1 aromatic heterocycles. The lowest BCUT2D eigenvalue weighted by Gasteiger charge is -2.35. The third kappa shape index (κ3) is 50.1. The number of carboxylic acids is 2. The zero-order valence-electron chi connectivity index (χ0n) is 86.5. The van der Waals surface area contributed by atoms with Crippen LogP contribution < -0.4 is 136 Å². The van der Waals surface area contributed by atoms with Gasteiger partial charge in [0.25, 0.3) is 0 Å². The van der Waals surface area contributed by atoms with Crippen molar-refractivity contribution in [3.63, 3.8) is 0 Å².